The van der Waals surface area contributed by atoms with Crippen LogP contribution in [-0.2, 0) is 0 Å². The van der Waals surface area contributed by atoms with E-state index >= 15 is 0 Å². The lowest BCUT2D eigenvalue weighted by Gasteiger charge is -2.30. The maximum Gasteiger partial charge on any atom is 0.407 e. The van der Waals surface area contributed by atoms with Gasteiger partial charge >= 0.3 is 11.8 Å². The van der Waals surface area contributed by atoms with E-state index in [-0.39, 0.29) is 0 Å². The van der Waals surface area contributed by atoms with Crippen LogP contribution in [0.5, 0.6) is 0 Å². The molecule has 0 spiro atoms. The minimum Gasteiger partial charge on any atom is -0.465 e. The molecule has 9 nitrogen and oxygen atoms in total. The van der Waals surface area contributed by atoms with Crippen LogP contribution in [-0.4, -0.2) is 55.9 Å². The Balaban J connectivity index is 1.34. The van der Waals surface area contributed by atoms with E-state index in [9.17, 15) is 9.59 Å². The molecular weight excluding hydrogens is 444 g/mol. The van der Waals surface area contributed by atoms with E-state index in [1.54, 1.807) is 0 Å². The number of H-pyrrole nitrogens is 2. The molecule has 5 rings (SSSR count). The number of likely N-dealkylation sites (tertiary alicyclic amines) is 1. The highest BCUT2D eigenvalue weighted by molar-refractivity contribution is 5.86. The molecule has 180 valence electrons. The Morgan fingerprint density at radius 1 is 1.14 bits per heavy atom. The molecule has 1 aliphatic rings. The maximum absolute atomic E-state index is 12.4. The molecule has 0 unspecified atom stereocenters. The summed E-state index contributed by atoms with van der Waals surface area (Å²) in [7, 11) is 0. The highest BCUT2D eigenvalue weighted by Gasteiger charge is 2.22. The number of hydrogen-bond donors (Lipinski definition) is 4. The van der Waals surface area contributed by atoms with Crippen molar-refractivity contribution in [3.8, 4) is 22.5 Å². The van der Waals surface area contributed by atoms with Gasteiger partial charge in [-0.25, -0.2) is 9.59 Å². The lowest BCUT2D eigenvalue weighted by atomic mass is 9.96. The molecule has 0 atom stereocenters. The Morgan fingerprint density at radius 2 is 1.94 bits per heavy atom. The SMILES string of the molecule is Cc1cc(NCC2CCN(C(=O)O)CC2)ccc1-c1cc(-c2ccc3n[nH]c(C)c3c2)nc(=O)[nH]1. The average molecular weight is 473 g/mol. The minimum absolute atomic E-state index is 0.393. The first-order chi connectivity index (χ1) is 16.9. The van der Waals surface area contributed by atoms with E-state index in [4.69, 9.17) is 5.11 Å². The fourth-order valence-corrected chi connectivity index (χ4v) is 4.71. The standard InChI is InChI=1S/C26H28N6O3/c1-15-11-19(27-14-17-7-9-32(10-8-17)26(34)35)4-5-20(15)24-13-23(28-25(33)29-24)18-3-6-22-21(12-18)16(2)30-31-22/h3-6,11-13,17,27H,7-10,14H2,1-2H3,(H,30,31)(H,34,35)(H,28,29,33). The minimum atomic E-state index is -0.836. The average Bonchev–Trinajstić information content (AvgIpc) is 3.22. The Labute approximate surface area is 202 Å². The highest BCUT2D eigenvalue weighted by Crippen LogP contribution is 2.29. The first-order valence-corrected chi connectivity index (χ1v) is 11.8. The number of benzene rings is 2. The van der Waals surface area contributed by atoms with E-state index < -0.39 is 11.8 Å². The summed E-state index contributed by atoms with van der Waals surface area (Å²) in [6.45, 7) is 5.96. The van der Waals surface area contributed by atoms with E-state index in [1.165, 1.54) is 4.90 Å². The molecule has 2 aromatic heterocycles. The number of amides is 1. The number of aromatic amines is 2. The van der Waals surface area contributed by atoms with Gasteiger partial charge in [0.1, 0.15) is 0 Å². The van der Waals surface area contributed by atoms with E-state index in [2.05, 4.69) is 31.5 Å². The molecule has 0 aliphatic carbocycles. The molecule has 2 aromatic carbocycles. The Kier molecular flexibility index (Phi) is 5.98. The lowest BCUT2D eigenvalue weighted by Crippen LogP contribution is -2.39. The second kappa shape index (κ2) is 9.25. The predicted molar refractivity (Wildman–Crippen MR) is 136 cm³/mol. The Hall–Kier alpha value is -4.14. The van der Waals surface area contributed by atoms with Crippen molar-refractivity contribution in [2.75, 3.05) is 25.0 Å². The summed E-state index contributed by atoms with van der Waals surface area (Å²) in [6, 6.07) is 13.8. The van der Waals surface area contributed by atoms with Gasteiger partial charge in [-0.3, -0.25) is 5.10 Å². The molecule has 1 amide bonds. The van der Waals surface area contributed by atoms with Gasteiger partial charge in [-0.05, 0) is 68.5 Å². The number of carboxylic acid groups (broad SMARTS) is 1. The number of piperidine rings is 1. The quantitative estimate of drug-likeness (QED) is 0.341. The number of carbonyl (C=O) groups is 1. The Morgan fingerprint density at radius 3 is 2.69 bits per heavy atom. The van der Waals surface area contributed by atoms with E-state index in [0.29, 0.717) is 30.4 Å². The zero-order valence-electron chi connectivity index (χ0n) is 19.8. The van der Waals surface area contributed by atoms with Crippen LogP contribution in [0.25, 0.3) is 33.4 Å². The van der Waals surface area contributed by atoms with Gasteiger partial charge in [0.05, 0.1) is 16.9 Å². The number of fused-ring (bicyclic) bond motifs is 1. The van der Waals surface area contributed by atoms with E-state index in [0.717, 1.165) is 58.4 Å². The lowest BCUT2D eigenvalue weighted by molar-refractivity contribution is 0.126. The zero-order valence-corrected chi connectivity index (χ0v) is 19.8. The largest absolute Gasteiger partial charge is 0.465 e. The maximum atomic E-state index is 12.4. The molecule has 3 heterocycles. The number of nitrogens with one attached hydrogen (secondary N) is 3. The van der Waals surface area contributed by atoms with Crippen molar-refractivity contribution in [1.82, 2.24) is 25.1 Å². The van der Waals surface area contributed by atoms with Gasteiger partial charge in [0.15, 0.2) is 0 Å². The van der Waals surface area contributed by atoms with Crippen molar-refractivity contribution >= 4 is 22.7 Å². The third-order valence-electron chi connectivity index (χ3n) is 6.78. The van der Waals surface area contributed by atoms with Gasteiger partial charge in [-0.15, -0.1) is 0 Å². The van der Waals surface area contributed by atoms with Crippen LogP contribution in [0.2, 0.25) is 0 Å². The number of aromatic nitrogens is 4. The number of aryl methyl sites for hydroxylation is 2. The van der Waals surface area contributed by atoms with Crippen LogP contribution in [0, 0.1) is 19.8 Å². The normalized spacial score (nSPS) is 14.4. The molecule has 0 bridgehead atoms. The van der Waals surface area contributed by atoms with Crippen LogP contribution in [0.4, 0.5) is 10.5 Å². The summed E-state index contributed by atoms with van der Waals surface area (Å²) in [5, 5.41) is 20.8. The van der Waals surface area contributed by atoms with Crippen molar-refractivity contribution < 1.29 is 9.90 Å². The van der Waals surface area contributed by atoms with Gasteiger partial charge in [0, 0.05) is 47.5 Å². The van der Waals surface area contributed by atoms with Gasteiger partial charge in [-0.1, -0.05) is 12.1 Å². The second-order valence-electron chi connectivity index (χ2n) is 9.19. The highest BCUT2D eigenvalue weighted by atomic mass is 16.4. The van der Waals surface area contributed by atoms with Crippen molar-refractivity contribution in [3.05, 3.63) is 64.2 Å². The number of rotatable bonds is 5. The summed E-state index contributed by atoms with van der Waals surface area (Å²) in [5.41, 5.74) is 6.62. The van der Waals surface area contributed by atoms with Gasteiger partial charge in [0.25, 0.3) is 0 Å². The number of anilines is 1. The molecule has 35 heavy (non-hydrogen) atoms. The summed E-state index contributed by atoms with van der Waals surface area (Å²) >= 11 is 0. The van der Waals surface area contributed by atoms with Crippen molar-refractivity contribution in [2.45, 2.75) is 26.7 Å². The molecule has 0 saturated carbocycles. The smallest absolute Gasteiger partial charge is 0.407 e. The summed E-state index contributed by atoms with van der Waals surface area (Å²) in [4.78, 5) is 32.1. The molecule has 4 N–H and O–H groups in total. The molecular formula is C26H28N6O3. The van der Waals surface area contributed by atoms with Crippen molar-refractivity contribution in [1.29, 1.82) is 0 Å². The third kappa shape index (κ3) is 4.75. The van der Waals surface area contributed by atoms with Crippen molar-refractivity contribution in [3.63, 3.8) is 0 Å². The number of hydrogen-bond acceptors (Lipinski definition) is 5. The predicted octanol–water partition coefficient (Wildman–Crippen LogP) is 4.40. The monoisotopic (exact) mass is 472 g/mol. The molecule has 1 saturated heterocycles. The zero-order chi connectivity index (χ0) is 24.5. The molecule has 9 heteroatoms. The Bertz CT molecular complexity index is 1450. The molecule has 1 aliphatic heterocycles. The summed E-state index contributed by atoms with van der Waals surface area (Å²) < 4.78 is 0. The van der Waals surface area contributed by atoms with E-state index in [1.807, 2.05) is 50.2 Å². The topological polar surface area (TPSA) is 127 Å². The van der Waals surface area contributed by atoms with Crippen molar-refractivity contribution in [2.24, 2.45) is 5.92 Å². The fourth-order valence-electron chi connectivity index (χ4n) is 4.71. The van der Waals surface area contributed by atoms with Gasteiger partial charge < -0.3 is 20.3 Å². The van der Waals surface area contributed by atoms with Crippen LogP contribution in [0.15, 0.2) is 47.3 Å². The molecule has 0 radical (unpaired) electrons. The number of nitrogens with zero attached hydrogens (tertiary/aromatic N) is 3. The first-order valence-electron chi connectivity index (χ1n) is 11.8. The summed E-state index contributed by atoms with van der Waals surface area (Å²) in [5.74, 6) is 0.445. The van der Waals surface area contributed by atoms with Crippen LogP contribution in [0.3, 0.4) is 0 Å². The van der Waals surface area contributed by atoms with Crippen LogP contribution in [0.1, 0.15) is 24.1 Å². The molecule has 1 fully saturated rings. The second-order valence-corrected chi connectivity index (χ2v) is 9.19. The van der Waals surface area contributed by atoms with Crippen LogP contribution >= 0.6 is 0 Å². The molecule has 4 aromatic rings. The first kappa shape index (κ1) is 22.6. The van der Waals surface area contributed by atoms with Gasteiger partial charge in [0.2, 0.25) is 0 Å². The fraction of sp³-hybridized carbons (Fsp3) is 0.308. The summed E-state index contributed by atoms with van der Waals surface area (Å²) in [6.07, 6.45) is 0.889. The third-order valence-corrected chi connectivity index (χ3v) is 6.78. The van der Waals surface area contributed by atoms with Crippen LogP contribution < -0.4 is 11.0 Å². The van der Waals surface area contributed by atoms with Gasteiger partial charge in [-0.2, -0.15) is 10.1 Å².